The molecule has 1 aromatic carbocycles. The molecule has 16 heavy (non-hydrogen) atoms. The number of nitrogens with two attached hydrogens (primary N) is 1. The maximum atomic E-state index is 6.02. The molecule has 84 valence electrons. The maximum Gasteiger partial charge on any atom is 0.0803 e. The number of hydrogen-bond donors (Lipinski definition) is 2. The lowest BCUT2D eigenvalue weighted by Crippen LogP contribution is -2.28. The van der Waals surface area contributed by atoms with Crippen LogP contribution in [0.4, 0.5) is 0 Å². The highest BCUT2D eigenvalue weighted by atomic mass is 79.9. The molecule has 1 atom stereocenters. The van der Waals surface area contributed by atoms with E-state index in [9.17, 15) is 0 Å². The van der Waals surface area contributed by atoms with Gasteiger partial charge in [0.15, 0.2) is 0 Å². The van der Waals surface area contributed by atoms with Crippen molar-refractivity contribution in [2.24, 2.45) is 5.84 Å². The monoisotopic (exact) mass is 316 g/mol. The third kappa shape index (κ3) is 2.64. The molecule has 0 saturated carbocycles. The van der Waals surface area contributed by atoms with E-state index in [1.807, 2.05) is 35.7 Å². The summed E-state index contributed by atoms with van der Waals surface area (Å²) in [6, 6.07) is 9.81. The quantitative estimate of drug-likeness (QED) is 0.669. The predicted octanol–water partition coefficient (Wildman–Crippen LogP) is 3.72. The minimum absolute atomic E-state index is 0.0185. The number of benzene rings is 1. The molecule has 5 heteroatoms. The summed E-state index contributed by atoms with van der Waals surface area (Å²) >= 11 is 11.1. The molecule has 0 amide bonds. The van der Waals surface area contributed by atoms with Crippen molar-refractivity contribution in [3.8, 4) is 0 Å². The van der Waals surface area contributed by atoms with Crippen LogP contribution in [0, 0.1) is 0 Å². The fourth-order valence-corrected chi connectivity index (χ4v) is 3.24. The van der Waals surface area contributed by atoms with Crippen LogP contribution in [-0.2, 0) is 0 Å². The first-order valence-corrected chi connectivity index (χ1v) is 6.71. The van der Waals surface area contributed by atoms with E-state index < -0.39 is 0 Å². The van der Waals surface area contributed by atoms with Gasteiger partial charge in [-0.2, -0.15) is 0 Å². The second-order valence-electron chi connectivity index (χ2n) is 3.32. The minimum atomic E-state index is -0.0185. The molecule has 2 aromatic rings. The van der Waals surface area contributed by atoms with Crippen molar-refractivity contribution in [2.45, 2.75) is 6.04 Å². The largest absolute Gasteiger partial charge is 0.271 e. The van der Waals surface area contributed by atoms with E-state index in [2.05, 4.69) is 21.4 Å². The predicted molar refractivity (Wildman–Crippen MR) is 72.6 cm³/mol. The molecule has 0 spiro atoms. The first-order valence-electron chi connectivity index (χ1n) is 4.66. The Kier molecular flexibility index (Phi) is 4.00. The molecule has 0 aliphatic carbocycles. The molecule has 0 bridgehead atoms. The summed E-state index contributed by atoms with van der Waals surface area (Å²) in [5.74, 6) is 5.59. The Labute approximate surface area is 112 Å². The average molecular weight is 318 g/mol. The number of nitrogens with one attached hydrogen (secondary N) is 1. The molecule has 1 heterocycles. The van der Waals surface area contributed by atoms with E-state index in [-0.39, 0.29) is 6.04 Å². The third-order valence-corrected chi connectivity index (χ3v) is 3.83. The highest BCUT2D eigenvalue weighted by molar-refractivity contribution is 9.10. The van der Waals surface area contributed by atoms with Gasteiger partial charge in [-0.3, -0.25) is 5.84 Å². The minimum Gasteiger partial charge on any atom is -0.271 e. The fourth-order valence-electron chi connectivity index (χ4n) is 1.54. The highest BCUT2D eigenvalue weighted by Crippen LogP contribution is 2.29. The van der Waals surface area contributed by atoms with Crippen LogP contribution < -0.4 is 11.3 Å². The number of hydrogen-bond acceptors (Lipinski definition) is 3. The van der Waals surface area contributed by atoms with Crippen molar-refractivity contribution in [3.05, 3.63) is 55.6 Å². The molecule has 1 unspecified atom stereocenters. The maximum absolute atomic E-state index is 6.02. The normalized spacial score (nSPS) is 12.7. The summed E-state index contributed by atoms with van der Waals surface area (Å²) in [6.07, 6.45) is 0. The molecule has 3 N–H and O–H groups in total. The van der Waals surface area contributed by atoms with E-state index in [1.165, 1.54) is 0 Å². The van der Waals surface area contributed by atoms with Gasteiger partial charge in [0, 0.05) is 14.4 Å². The van der Waals surface area contributed by atoms with Crippen LogP contribution in [0.15, 0.2) is 40.2 Å². The zero-order chi connectivity index (χ0) is 11.5. The molecular formula is C11H10BrClN2S. The van der Waals surface area contributed by atoms with E-state index in [0.29, 0.717) is 5.02 Å². The molecule has 2 rings (SSSR count). The summed E-state index contributed by atoms with van der Waals surface area (Å²) in [6.45, 7) is 0. The number of hydrazine groups is 1. The molecule has 0 fully saturated rings. The van der Waals surface area contributed by atoms with Gasteiger partial charge in [-0.15, -0.1) is 11.3 Å². The van der Waals surface area contributed by atoms with Gasteiger partial charge in [-0.05, 0) is 35.2 Å². The zero-order valence-electron chi connectivity index (χ0n) is 8.28. The van der Waals surface area contributed by atoms with Crippen molar-refractivity contribution in [2.75, 3.05) is 0 Å². The summed E-state index contributed by atoms with van der Waals surface area (Å²) < 4.78 is 0.951. The second kappa shape index (κ2) is 5.29. The van der Waals surface area contributed by atoms with Crippen LogP contribution >= 0.6 is 38.9 Å². The van der Waals surface area contributed by atoms with Gasteiger partial charge in [0.05, 0.1) is 6.04 Å². The smallest absolute Gasteiger partial charge is 0.0803 e. The number of rotatable bonds is 3. The first-order chi connectivity index (χ1) is 7.70. The van der Waals surface area contributed by atoms with Gasteiger partial charge >= 0.3 is 0 Å². The second-order valence-corrected chi connectivity index (χ2v) is 5.65. The number of thiophene rings is 1. The Morgan fingerprint density at radius 2 is 2.19 bits per heavy atom. The Morgan fingerprint density at radius 3 is 2.75 bits per heavy atom. The molecule has 0 aliphatic rings. The van der Waals surface area contributed by atoms with E-state index in [1.54, 1.807) is 11.3 Å². The van der Waals surface area contributed by atoms with Gasteiger partial charge in [-0.25, -0.2) is 5.43 Å². The fraction of sp³-hybridized carbons (Fsp3) is 0.0909. The van der Waals surface area contributed by atoms with Gasteiger partial charge in [0.25, 0.3) is 0 Å². The van der Waals surface area contributed by atoms with E-state index in [0.717, 1.165) is 14.9 Å². The average Bonchev–Trinajstić information content (AvgIpc) is 2.70. The van der Waals surface area contributed by atoms with Crippen molar-refractivity contribution in [3.63, 3.8) is 0 Å². The highest BCUT2D eigenvalue weighted by Gasteiger charge is 2.14. The summed E-state index contributed by atoms with van der Waals surface area (Å²) in [5.41, 5.74) is 3.85. The topological polar surface area (TPSA) is 38.0 Å². The Hall–Kier alpha value is -0.390. The van der Waals surface area contributed by atoms with Crippen LogP contribution in [-0.4, -0.2) is 0 Å². The Balaban J connectivity index is 2.41. The van der Waals surface area contributed by atoms with Crippen molar-refractivity contribution in [1.29, 1.82) is 0 Å². The van der Waals surface area contributed by atoms with Gasteiger partial charge in [-0.1, -0.05) is 33.6 Å². The standard InChI is InChI=1S/C11H10BrClN2S/c12-8-4-7(5-9(13)6-8)11(15-14)10-2-1-3-16-10/h1-6,11,15H,14H2. The lowest BCUT2D eigenvalue weighted by Gasteiger charge is -2.15. The van der Waals surface area contributed by atoms with Gasteiger partial charge in [0.2, 0.25) is 0 Å². The Bertz CT molecular complexity index is 453. The van der Waals surface area contributed by atoms with Gasteiger partial charge in [0.1, 0.15) is 0 Å². The summed E-state index contributed by atoms with van der Waals surface area (Å²) in [7, 11) is 0. The molecule has 1 aromatic heterocycles. The third-order valence-electron chi connectivity index (χ3n) is 2.21. The van der Waals surface area contributed by atoms with Crippen molar-refractivity contribution >= 4 is 38.9 Å². The van der Waals surface area contributed by atoms with Crippen LogP contribution in [0.5, 0.6) is 0 Å². The SMILES string of the molecule is NNC(c1cc(Cl)cc(Br)c1)c1cccs1. The lowest BCUT2D eigenvalue weighted by atomic mass is 10.1. The van der Waals surface area contributed by atoms with Crippen LogP contribution in [0.2, 0.25) is 5.02 Å². The molecular weight excluding hydrogens is 308 g/mol. The van der Waals surface area contributed by atoms with Crippen molar-refractivity contribution in [1.82, 2.24) is 5.43 Å². The van der Waals surface area contributed by atoms with Crippen LogP contribution in [0.3, 0.4) is 0 Å². The summed E-state index contributed by atoms with van der Waals surface area (Å²) in [4.78, 5) is 1.16. The number of halogens is 2. The molecule has 0 saturated heterocycles. The zero-order valence-corrected chi connectivity index (χ0v) is 11.4. The van der Waals surface area contributed by atoms with Gasteiger partial charge < -0.3 is 0 Å². The molecule has 0 radical (unpaired) electrons. The van der Waals surface area contributed by atoms with Crippen LogP contribution in [0.25, 0.3) is 0 Å². The molecule has 2 nitrogen and oxygen atoms in total. The van der Waals surface area contributed by atoms with Crippen LogP contribution in [0.1, 0.15) is 16.5 Å². The van der Waals surface area contributed by atoms with E-state index in [4.69, 9.17) is 17.4 Å². The van der Waals surface area contributed by atoms with Crippen molar-refractivity contribution < 1.29 is 0 Å². The van der Waals surface area contributed by atoms with E-state index >= 15 is 0 Å². The lowest BCUT2D eigenvalue weighted by molar-refractivity contribution is 0.646. The Morgan fingerprint density at radius 1 is 1.38 bits per heavy atom. The first kappa shape index (κ1) is 12.1. The summed E-state index contributed by atoms with van der Waals surface area (Å²) in [5, 5.41) is 2.72. The molecule has 0 aliphatic heterocycles.